The molecule has 3 rings (SSSR count). The first-order valence-corrected chi connectivity index (χ1v) is 8.64. The van der Waals surface area contributed by atoms with Crippen LogP contribution in [0.4, 0.5) is 0 Å². The Kier molecular flexibility index (Phi) is 5.50. The lowest BCUT2D eigenvalue weighted by Crippen LogP contribution is -2.42. The van der Waals surface area contributed by atoms with E-state index in [0.717, 1.165) is 38.6 Å². The summed E-state index contributed by atoms with van der Waals surface area (Å²) in [5.74, 6) is 0.823. The number of aromatic nitrogens is 2. The Morgan fingerprint density at radius 3 is 2.86 bits per heavy atom. The number of aryl methyl sites for hydroxylation is 1. The molecule has 2 aliphatic rings. The molecule has 1 N–H and O–H groups in total. The van der Waals surface area contributed by atoms with Crippen LogP contribution in [0.15, 0.2) is 12.5 Å². The minimum absolute atomic E-state index is 0.175. The zero-order chi connectivity index (χ0) is 15.4. The zero-order valence-electron chi connectivity index (χ0n) is 13.8. The molecule has 1 aromatic rings. The molecule has 0 saturated carbocycles. The molecule has 2 fully saturated rings. The first kappa shape index (κ1) is 16.0. The maximum atomic E-state index is 5.95. The monoisotopic (exact) mass is 307 g/mol. The van der Waals surface area contributed by atoms with Gasteiger partial charge in [-0.25, -0.2) is 4.98 Å². The van der Waals surface area contributed by atoms with Crippen molar-refractivity contribution in [2.45, 2.75) is 57.2 Å². The van der Waals surface area contributed by atoms with Crippen molar-refractivity contribution in [2.24, 2.45) is 13.0 Å². The normalized spacial score (nSPS) is 28.6. The second kappa shape index (κ2) is 7.57. The minimum Gasteiger partial charge on any atom is -0.381 e. The van der Waals surface area contributed by atoms with E-state index in [1.807, 2.05) is 19.6 Å². The van der Waals surface area contributed by atoms with Gasteiger partial charge < -0.3 is 19.4 Å². The summed E-state index contributed by atoms with van der Waals surface area (Å²) in [5.41, 5.74) is 1.18. The SMILES string of the molecule is C[C@H](CC1CCOCC1)N[C@H]1CCO[C@H](c2cncn2C)C1. The van der Waals surface area contributed by atoms with Gasteiger partial charge in [0.15, 0.2) is 0 Å². The van der Waals surface area contributed by atoms with Crippen molar-refractivity contribution in [3.05, 3.63) is 18.2 Å². The number of hydrogen-bond acceptors (Lipinski definition) is 4. The molecule has 22 heavy (non-hydrogen) atoms. The van der Waals surface area contributed by atoms with E-state index in [1.165, 1.54) is 25.0 Å². The Hall–Kier alpha value is -0.910. The summed E-state index contributed by atoms with van der Waals surface area (Å²) in [5, 5.41) is 3.83. The molecular formula is C17H29N3O2. The van der Waals surface area contributed by atoms with Gasteiger partial charge in [-0.15, -0.1) is 0 Å². The molecule has 0 radical (unpaired) electrons. The quantitative estimate of drug-likeness (QED) is 0.907. The fourth-order valence-corrected chi connectivity index (χ4v) is 3.78. The summed E-state index contributed by atoms with van der Waals surface area (Å²) in [7, 11) is 2.04. The van der Waals surface area contributed by atoms with Crippen LogP contribution in [-0.4, -0.2) is 41.5 Å². The predicted octanol–water partition coefficient (Wildman–Crippen LogP) is 2.44. The van der Waals surface area contributed by atoms with Gasteiger partial charge in [0.1, 0.15) is 6.10 Å². The van der Waals surface area contributed by atoms with E-state index in [-0.39, 0.29) is 6.10 Å². The first-order chi connectivity index (χ1) is 10.7. The molecule has 5 nitrogen and oxygen atoms in total. The minimum atomic E-state index is 0.175. The Morgan fingerprint density at radius 1 is 1.32 bits per heavy atom. The Balaban J connectivity index is 1.48. The van der Waals surface area contributed by atoms with Crippen LogP contribution in [0.25, 0.3) is 0 Å². The molecule has 3 heterocycles. The topological polar surface area (TPSA) is 48.3 Å². The van der Waals surface area contributed by atoms with Crippen LogP contribution in [0.1, 0.15) is 50.8 Å². The van der Waals surface area contributed by atoms with Crippen molar-refractivity contribution >= 4 is 0 Å². The number of nitrogens with zero attached hydrogens (tertiary/aromatic N) is 2. The van der Waals surface area contributed by atoms with Crippen molar-refractivity contribution < 1.29 is 9.47 Å². The zero-order valence-corrected chi connectivity index (χ0v) is 13.8. The maximum absolute atomic E-state index is 5.95. The molecule has 2 saturated heterocycles. The van der Waals surface area contributed by atoms with Crippen LogP contribution < -0.4 is 5.32 Å². The third-order valence-corrected chi connectivity index (χ3v) is 5.02. The molecule has 0 unspecified atom stereocenters. The molecule has 0 spiro atoms. The molecule has 3 atom stereocenters. The average Bonchev–Trinajstić information content (AvgIpc) is 2.94. The van der Waals surface area contributed by atoms with Crippen molar-refractivity contribution in [1.29, 1.82) is 0 Å². The molecule has 124 valence electrons. The Morgan fingerprint density at radius 2 is 2.14 bits per heavy atom. The van der Waals surface area contributed by atoms with Crippen LogP contribution in [0.5, 0.6) is 0 Å². The molecule has 0 bridgehead atoms. The summed E-state index contributed by atoms with van der Waals surface area (Å²) in [6, 6.07) is 1.11. The van der Waals surface area contributed by atoms with Crippen molar-refractivity contribution in [2.75, 3.05) is 19.8 Å². The highest BCUT2D eigenvalue weighted by molar-refractivity contribution is 5.04. The van der Waals surface area contributed by atoms with Crippen LogP contribution in [0.2, 0.25) is 0 Å². The van der Waals surface area contributed by atoms with Gasteiger partial charge in [-0.3, -0.25) is 0 Å². The van der Waals surface area contributed by atoms with Crippen LogP contribution in [0.3, 0.4) is 0 Å². The lowest BCUT2D eigenvalue weighted by molar-refractivity contribution is -0.00639. The largest absolute Gasteiger partial charge is 0.381 e. The molecule has 5 heteroatoms. The Labute approximate surface area is 133 Å². The highest BCUT2D eigenvalue weighted by atomic mass is 16.5. The van der Waals surface area contributed by atoms with Crippen LogP contribution in [-0.2, 0) is 16.5 Å². The molecule has 0 aromatic carbocycles. The van der Waals surface area contributed by atoms with Gasteiger partial charge in [0.2, 0.25) is 0 Å². The average molecular weight is 307 g/mol. The van der Waals surface area contributed by atoms with Crippen molar-refractivity contribution in [1.82, 2.24) is 14.9 Å². The van der Waals surface area contributed by atoms with Crippen LogP contribution in [0, 0.1) is 5.92 Å². The summed E-state index contributed by atoms with van der Waals surface area (Å²) < 4.78 is 13.5. The third kappa shape index (κ3) is 4.09. The van der Waals surface area contributed by atoms with Gasteiger partial charge in [0.25, 0.3) is 0 Å². The van der Waals surface area contributed by atoms with Gasteiger partial charge >= 0.3 is 0 Å². The van der Waals surface area contributed by atoms with E-state index in [4.69, 9.17) is 9.47 Å². The van der Waals surface area contributed by atoms with Crippen LogP contribution >= 0.6 is 0 Å². The predicted molar refractivity (Wildman–Crippen MR) is 85.7 cm³/mol. The van der Waals surface area contributed by atoms with E-state index < -0.39 is 0 Å². The molecular weight excluding hydrogens is 278 g/mol. The van der Waals surface area contributed by atoms with E-state index in [0.29, 0.717) is 12.1 Å². The summed E-state index contributed by atoms with van der Waals surface area (Å²) in [4.78, 5) is 4.21. The first-order valence-electron chi connectivity index (χ1n) is 8.64. The van der Waals surface area contributed by atoms with E-state index in [2.05, 4.69) is 21.8 Å². The molecule has 0 aliphatic carbocycles. The molecule has 1 aromatic heterocycles. The Bertz CT molecular complexity index is 457. The molecule has 0 amide bonds. The highest BCUT2D eigenvalue weighted by Crippen LogP contribution is 2.28. The van der Waals surface area contributed by atoms with Crippen molar-refractivity contribution in [3.63, 3.8) is 0 Å². The number of hydrogen-bond donors (Lipinski definition) is 1. The standard InChI is InChI=1S/C17H29N3O2/c1-13(9-14-3-6-21-7-4-14)19-15-5-8-22-17(10-15)16-11-18-12-20(16)2/h11-15,17,19H,3-10H2,1-2H3/t13-,15+,17+/m1/s1. The van der Waals surface area contributed by atoms with Crippen molar-refractivity contribution in [3.8, 4) is 0 Å². The van der Waals surface area contributed by atoms with Gasteiger partial charge in [-0.1, -0.05) is 0 Å². The van der Waals surface area contributed by atoms with E-state index >= 15 is 0 Å². The molecule has 2 aliphatic heterocycles. The highest BCUT2D eigenvalue weighted by Gasteiger charge is 2.27. The maximum Gasteiger partial charge on any atom is 0.100 e. The summed E-state index contributed by atoms with van der Waals surface area (Å²) in [6.45, 7) is 5.04. The van der Waals surface area contributed by atoms with Gasteiger partial charge in [0.05, 0.1) is 18.2 Å². The second-order valence-electron chi connectivity index (χ2n) is 6.87. The smallest absolute Gasteiger partial charge is 0.100 e. The van der Waals surface area contributed by atoms with Gasteiger partial charge in [-0.2, -0.15) is 0 Å². The summed E-state index contributed by atoms with van der Waals surface area (Å²) >= 11 is 0. The fourth-order valence-electron chi connectivity index (χ4n) is 3.78. The number of imidazole rings is 1. The lowest BCUT2D eigenvalue weighted by Gasteiger charge is -2.33. The summed E-state index contributed by atoms with van der Waals surface area (Å²) in [6.07, 6.45) is 9.80. The third-order valence-electron chi connectivity index (χ3n) is 5.02. The second-order valence-corrected chi connectivity index (χ2v) is 6.87. The number of nitrogens with one attached hydrogen (secondary N) is 1. The number of rotatable bonds is 5. The fraction of sp³-hybridized carbons (Fsp3) is 0.824. The van der Waals surface area contributed by atoms with E-state index in [1.54, 1.807) is 0 Å². The number of ether oxygens (including phenoxy) is 2. The lowest BCUT2D eigenvalue weighted by atomic mass is 9.92. The van der Waals surface area contributed by atoms with Gasteiger partial charge in [0, 0.05) is 39.0 Å². The van der Waals surface area contributed by atoms with Gasteiger partial charge in [-0.05, 0) is 44.9 Å². The van der Waals surface area contributed by atoms with E-state index in [9.17, 15) is 0 Å².